The monoisotopic (exact) mass is 291 g/mol. The van der Waals surface area contributed by atoms with Gasteiger partial charge in [-0.3, -0.25) is 0 Å². The maximum Gasteiger partial charge on any atom is 0.165 e. The average molecular weight is 291 g/mol. The zero-order valence-corrected chi connectivity index (χ0v) is 12.4. The number of hydrogen-bond acceptors (Lipinski definition) is 2. The van der Waals surface area contributed by atoms with Gasteiger partial charge >= 0.3 is 0 Å². The summed E-state index contributed by atoms with van der Waals surface area (Å²) in [5.41, 5.74) is 1.56. The largest absolute Gasteiger partial charge is 0.454 e. The standard InChI is InChI=1S/C17H19F2NO/c1-11(2)20-10-13-9-14(18)5-7-16(13)21-17-8-12(3)4-6-15(17)19/h4-9,11,20H,10H2,1-3H3. The summed E-state index contributed by atoms with van der Waals surface area (Å²) in [7, 11) is 0. The van der Waals surface area contributed by atoms with Gasteiger partial charge in [-0.15, -0.1) is 0 Å². The Labute approximate surface area is 123 Å². The fraction of sp³-hybridized carbons (Fsp3) is 0.294. The van der Waals surface area contributed by atoms with Crippen LogP contribution in [-0.2, 0) is 6.54 Å². The maximum absolute atomic E-state index is 13.8. The van der Waals surface area contributed by atoms with Crippen LogP contribution in [0.5, 0.6) is 11.5 Å². The third kappa shape index (κ3) is 4.26. The van der Waals surface area contributed by atoms with Crippen LogP contribution in [0, 0.1) is 18.6 Å². The molecule has 0 bridgehead atoms. The summed E-state index contributed by atoms with van der Waals surface area (Å²) in [5.74, 6) is -0.179. The van der Waals surface area contributed by atoms with E-state index < -0.39 is 5.82 Å². The minimum Gasteiger partial charge on any atom is -0.454 e. The summed E-state index contributed by atoms with van der Waals surface area (Å²) in [6.45, 7) is 6.32. The number of nitrogens with one attached hydrogen (secondary N) is 1. The first-order chi connectivity index (χ1) is 9.95. The molecule has 0 amide bonds. The van der Waals surface area contributed by atoms with Gasteiger partial charge in [-0.1, -0.05) is 19.9 Å². The minimum absolute atomic E-state index is 0.146. The molecular formula is C17H19F2NO. The van der Waals surface area contributed by atoms with Crippen molar-refractivity contribution in [2.45, 2.75) is 33.4 Å². The van der Waals surface area contributed by atoms with Crippen LogP contribution < -0.4 is 10.1 Å². The van der Waals surface area contributed by atoms with Gasteiger partial charge in [0.1, 0.15) is 11.6 Å². The van der Waals surface area contributed by atoms with E-state index in [9.17, 15) is 8.78 Å². The molecule has 1 N–H and O–H groups in total. The summed E-state index contributed by atoms with van der Waals surface area (Å²) in [6, 6.07) is 9.15. The summed E-state index contributed by atoms with van der Waals surface area (Å²) in [4.78, 5) is 0. The molecule has 0 aliphatic carbocycles. The highest BCUT2D eigenvalue weighted by molar-refractivity contribution is 5.39. The predicted molar refractivity (Wildman–Crippen MR) is 79.6 cm³/mol. The van der Waals surface area contributed by atoms with Gasteiger partial charge in [0, 0.05) is 18.2 Å². The number of halogens is 2. The van der Waals surface area contributed by atoms with Crippen LogP contribution in [0.1, 0.15) is 25.0 Å². The number of hydrogen-bond donors (Lipinski definition) is 1. The lowest BCUT2D eigenvalue weighted by Crippen LogP contribution is -2.22. The van der Waals surface area contributed by atoms with Crippen molar-refractivity contribution >= 4 is 0 Å². The molecule has 0 saturated carbocycles. The normalized spacial score (nSPS) is 11.0. The molecule has 4 heteroatoms. The predicted octanol–water partition coefficient (Wildman–Crippen LogP) is 4.56. The molecular weight excluding hydrogens is 272 g/mol. The Bertz CT molecular complexity index is 626. The van der Waals surface area contributed by atoms with Gasteiger partial charge in [-0.25, -0.2) is 8.78 Å². The Kier molecular flexibility index (Phi) is 4.91. The van der Waals surface area contributed by atoms with E-state index in [1.807, 2.05) is 20.8 Å². The molecule has 2 nitrogen and oxygen atoms in total. The lowest BCUT2D eigenvalue weighted by Gasteiger charge is -2.14. The molecule has 112 valence electrons. The molecule has 2 aromatic rings. The van der Waals surface area contributed by atoms with Crippen molar-refractivity contribution in [2.24, 2.45) is 0 Å². The number of aryl methyl sites for hydroxylation is 1. The fourth-order valence-corrected chi connectivity index (χ4v) is 1.91. The second kappa shape index (κ2) is 6.68. The van der Waals surface area contributed by atoms with E-state index in [2.05, 4.69) is 5.32 Å². The third-order valence-electron chi connectivity index (χ3n) is 3.03. The van der Waals surface area contributed by atoms with Crippen molar-refractivity contribution in [1.29, 1.82) is 0 Å². The van der Waals surface area contributed by atoms with Crippen molar-refractivity contribution in [3.05, 3.63) is 59.2 Å². The summed E-state index contributed by atoms with van der Waals surface area (Å²) >= 11 is 0. The molecule has 2 aromatic carbocycles. The van der Waals surface area contributed by atoms with Crippen LogP contribution in [0.2, 0.25) is 0 Å². The summed E-state index contributed by atoms with van der Waals surface area (Å²) in [5, 5.41) is 3.20. The van der Waals surface area contributed by atoms with Crippen molar-refractivity contribution in [2.75, 3.05) is 0 Å². The third-order valence-corrected chi connectivity index (χ3v) is 3.03. The van der Waals surface area contributed by atoms with E-state index >= 15 is 0 Å². The van der Waals surface area contributed by atoms with E-state index in [1.54, 1.807) is 12.1 Å². The maximum atomic E-state index is 13.8. The quantitative estimate of drug-likeness (QED) is 0.871. The highest BCUT2D eigenvalue weighted by Crippen LogP contribution is 2.29. The lowest BCUT2D eigenvalue weighted by atomic mass is 10.1. The number of ether oxygens (including phenoxy) is 1. The van der Waals surface area contributed by atoms with Gasteiger partial charge < -0.3 is 10.1 Å². The van der Waals surface area contributed by atoms with Gasteiger partial charge in [0.2, 0.25) is 0 Å². The Balaban J connectivity index is 2.28. The molecule has 0 atom stereocenters. The van der Waals surface area contributed by atoms with Gasteiger partial charge in [0.25, 0.3) is 0 Å². The first kappa shape index (κ1) is 15.4. The van der Waals surface area contributed by atoms with Crippen LogP contribution in [0.4, 0.5) is 8.78 Å². The average Bonchev–Trinajstić information content (AvgIpc) is 2.43. The molecule has 0 aliphatic rings. The highest BCUT2D eigenvalue weighted by Gasteiger charge is 2.10. The topological polar surface area (TPSA) is 21.3 Å². The first-order valence-corrected chi connectivity index (χ1v) is 6.91. The zero-order valence-electron chi connectivity index (χ0n) is 12.4. The van der Waals surface area contributed by atoms with Crippen LogP contribution in [0.25, 0.3) is 0 Å². The molecule has 2 rings (SSSR count). The molecule has 0 heterocycles. The Morgan fingerprint density at radius 3 is 2.52 bits per heavy atom. The van der Waals surface area contributed by atoms with Crippen LogP contribution in [0.3, 0.4) is 0 Å². The molecule has 0 aromatic heterocycles. The minimum atomic E-state index is -0.437. The lowest BCUT2D eigenvalue weighted by molar-refractivity contribution is 0.432. The van der Waals surface area contributed by atoms with Gasteiger partial charge in [0.05, 0.1) is 0 Å². The highest BCUT2D eigenvalue weighted by atomic mass is 19.1. The zero-order chi connectivity index (χ0) is 15.4. The molecule has 0 aliphatic heterocycles. The van der Waals surface area contributed by atoms with E-state index in [0.29, 0.717) is 17.9 Å². The molecule has 21 heavy (non-hydrogen) atoms. The molecule has 0 saturated heterocycles. The Morgan fingerprint density at radius 2 is 1.81 bits per heavy atom. The van der Waals surface area contributed by atoms with E-state index in [4.69, 9.17) is 4.74 Å². The SMILES string of the molecule is Cc1ccc(F)c(Oc2ccc(F)cc2CNC(C)C)c1. The van der Waals surface area contributed by atoms with Crippen molar-refractivity contribution in [1.82, 2.24) is 5.32 Å². The molecule has 0 radical (unpaired) electrons. The summed E-state index contributed by atoms with van der Waals surface area (Å²) in [6.07, 6.45) is 0. The second-order valence-corrected chi connectivity index (χ2v) is 5.32. The van der Waals surface area contributed by atoms with E-state index in [-0.39, 0.29) is 17.6 Å². The second-order valence-electron chi connectivity index (χ2n) is 5.32. The fourth-order valence-electron chi connectivity index (χ4n) is 1.91. The van der Waals surface area contributed by atoms with Crippen molar-refractivity contribution < 1.29 is 13.5 Å². The van der Waals surface area contributed by atoms with Gasteiger partial charge in [-0.2, -0.15) is 0 Å². The molecule has 0 fully saturated rings. The van der Waals surface area contributed by atoms with E-state index in [1.165, 1.54) is 24.3 Å². The first-order valence-electron chi connectivity index (χ1n) is 6.91. The van der Waals surface area contributed by atoms with E-state index in [0.717, 1.165) is 5.56 Å². The van der Waals surface area contributed by atoms with Crippen molar-refractivity contribution in [3.63, 3.8) is 0 Å². The number of rotatable bonds is 5. The molecule has 0 unspecified atom stereocenters. The number of benzene rings is 2. The Hall–Kier alpha value is -1.94. The smallest absolute Gasteiger partial charge is 0.165 e. The molecule has 0 spiro atoms. The van der Waals surface area contributed by atoms with Gasteiger partial charge in [0.15, 0.2) is 11.6 Å². The van der Waals surface area contributed by atoms with Crippen molar-refractivity contribution in [3.8, 4) is 11.5 Å². The summed E-state index contributed by atoms with van der Waals surface area (Å²) < 4.78 is 32.8. The van der Waals surface area contributed by atoms with Gasteiger partial charge in [-0.05, 0) is 42.8 Å². The Morgan fingerprint density at radius 1 is 1.05 bits per heavy atom. The van der Waals surface area contributed by atoms with Crippen LogP contribution in [0.15, 0.2) is 36.4 Å². The van der Waals surface area contributed by atoms with Crippen LogP contribution in [-0.4, -0.2) is 6.04 Å². The van der Waals surface area contributed by atoms with Crippen LogP contribution >= 0.6 is 0 Å².